The highest BCUT2D eigenvalue weighted by Crippen LogP contribution is 2.31. The quantitative estimate of drug-likeness (QED) is 0.576. The molecule has 0 radical (unpaired) electrons. The number of halogens is 1. The van der Waals surface area contributed by atoms with E-state index in [1.807, 2.05) is 12.1 Å². The number of piperidine rings is 1. The number of hydrogen-bond donors (Lipinski definition) is 0. The zero-order valence-corrected chi connectivity index (χ0v) is 16.8. The van der Waals surface area contributed by atoms with E-state index in [2.05, 4.69) is 20.0 Å². The largest absolute Gasteiger partial charge is 0.462 e. The Morgan fingerprint density at radius 3 is 2.93 bits per heavy atom. The Morgan fingerprint density at radius 2 is 2.14 bits per heavy atom. The van der Waals surface area contributed by atoms with Crippen molar-refractivity contribution in [1.82, 2.24) is 15.1 Å². The molecule has 4 rings (SSSR count). The van der Waals surface area contributed by atoms with Crippen molar-refractivity contribution in [3.8, 4) is 11.4 Å². The average molecular weight is 413 g/mol. The second kappa shape index (κ2) is 8.61. The van der Waals surface area contributed by atoms with Crippen LogP contribution in [0.25, 0.3) is 11.4 Å². The summed E-state index contributed by atoms with van der Waals surface area (Å²) in [5, 5.41) is 4.78. The van der Waals surface area contributed by atoms with Gasteiger partial charge in [-0.1, -0.05) is 16.8 Å². The van der Waals surface area contributed by atoms with E-state index >= 15 is 0 Å². The number of esters is 1. The number of rotatable bonds is 5. The number of carbonyl (C=O) groups excluding carboxylic acids is 1. The van der Waals surface area contributed by atoms with Crippen LogP contribution in [0.3, 0.4) is 0 Å². The lowest BCUT2D eigenvalue weighted by molar-refractivity contribution is 0.0526. The maximum Gasteiger partial charge on any atom is 0.341 e. The van der Waals surface area contributed by atoms with Gasteiger partial charge in [-0.3, -0.25) is 0 Å². The minimum atomic E-state index is -0.361. The number of aromatic nitrogens is 3. The molecule has 0 saturated carbocycles. The van der Waals surface area contributed by atoms with Gasteiger partial charge in [-0.05, 0) is 56.2 Å². The molecule has 0 spiro atoms. The van der Waals surface area contributed by atoms with Crippen molar-refractivity contribution in [2.75, 3.05) is 24.6 Å². The summed E-state index contributed by atoms with van der Waals surface area (Å²) in [7, 11) is 0. The minimum absolute atomic E-state index is 0.0642. The van der Waals surface area contributed by atoms with Crippen molar-refractivity contribution in [3.05, 3.63) is 59.1 Å². The molecular weight excluding hydrogens is 392 g/mol. The summed E-state index contributed by atoms with van der Waals surface area (Å²) in [6, 6.07) is 10.8. The van der Waals surface area contributed by atoms with Gasteiger partial charge in [-0.15, -0.1) is 0 Å². The third kappa shape index (κ3) is 4.24. The van der Waals surface area contributed by atoms with Crippen molar-refractivity contribution in [1.29, 1.82) is 0 Å². The molecular formula is C21H21ClN4O3. The zero-order chi connectivity index (χ0) is 20.2. The third-order valence-corrected chi connectivity index (χ3v) is 5.15. The number of benzene rings is 1. The van der Waals surface area contributed by atoms with Crippen molar-refractivity contribution in [2.24, 2.45) is 0 Å². The first-order valence-electron chi connectivity index (χ1n) is 9.62. The maximum absolute atomic E-state index is 12.3. The molecule has 0 aliphatic carbocycles. The molecule has 1 saturated heterocycles. The second-order valence-corrected chi connectivity index (χ2v) is 7.28. The topological polar surface area (TPSA) is 81.4 Å². The van der Waals surface area contributed by atoms with Gasteiger partial charge in [0.1, 0.15) is 11.4 Å². The number of ether oxygens (including phenoxy) is 1. The van der Waals surface area contributed by atoms with Crippen LogP contribution in [0.15, 0.2) is 47.1 Å². The van der Waals surface area contributed by atoms with Crippen LogP contribution in [0.5, 0.6) is 0 Å². The summed E-state index contributed by atoms with van der Waals surface area (Å²) >= 11 is 5.95. The summed E-state index contributed by atoms with van der Waals surface area (Å²) in [6.45, 7) is 3.56. The van der Waals surface area contributed by atoms with Gasteiger partial charge >= 0.3 is 5.97 Å². The lowest BCUT2D eigenvalue weighted by Crippen LogP contribution is -2.36. The van der Waals surface area contributed by atoms with Gasteiger partial charge in [0.25, 0.3) is 0 Å². The SMILES string of the molecule is CCOC(=O)c1cccnc1N1CCCC(c2nc(-c3ccc(Cl)cc3)no2)C1. The van der Waals surface area contributed by atoms with E-state index in [0.717, 1.165) is 24.9 Å². The molecule has 29 heavy (non-hydrogen) atoms. The number of pyridine rings is 1. The third-order valence-electron chi connectivity index (χ3n) is 4.90. The number of carbonyl (C=O) groups is 1. The smallest absolute Gasteiger partial charge is 0.341 e. The Bertz CT molecular complexity index is 990. The van der Waals surface area contributed by atoms with Gasteiger partial charge in [0.05, 0.1) is 12.5 Å². The van der Waals surface area contributed by atoms with Gasteiger partial charge in [0.15, 0.2) is 0 Å². The van der Waals surface area contributed by atoms with E-state index in [9.17, 15) is 4.79 Å². The normalized spacial score (nSPS) is 16.6. The Kier molecular flexibility index (Phi) is 5.76. The van der Waals surface area contributed by atoms with Crippen LogP contribution in [0.1, 0.15) is 41.9 Å². The molecule has 1 unspecified atom stereocenters. The summed E-state index contributed by atoms with van der Waals surface area (Å²) in [6.07, 6.45) is 3.55. The average Bonchev–Trinajstić information content (AvgIpc) is 3.25. The van der Waals surface area contributed by atoms with Crippen LogP contribution >= 0.6 is 11.6 Å². The highest BCUT2D eigenvalue weighted by molar-refractivity contribution is 6.30. The van der Waals surface area contributed by atoms with Crippen LogP contribution in [0, 0.1) is 0 Å². The van der Waals surface area contributed by atoms with Gasteiger partial charge in [-0.2, -0.15) is 4.98 Å². The van der Waals surface area contributed by atoms with E-state index in [1.54, 1.807) is 37.4 Å². The fourth-order valence-electron chi connectivity index (χ4n) is 3.51. The molecule has 2 aromatic heterocycles. The van der Waals surface area contributed by atoms with Gasteiger partial charge in [-0.25, -0.2) is 9.78 Å². The van der Waals surface area contributed by atoms with Gasteiger partial charge in [0.2, 0.25) is 11.7 Å². The molecule has 1 aliphatic heterocycles. The van der Waals surface area contributed by atoms with Crippen molar-refractivity contribution in [3.63, 3.8) is 0 Å². The maximum atomic E-state index is 12.3. The Morgan fingerprint density at radius 1 is 1.31 bits per heavy atom. The molecule has 1 atom stereocenters. The highest BCUT2D eigenvalue weighted by atomic mass is 35.5. The molecule has 7 nitrogen and oxygen atoms in total. The van der Waals surface area contributed by atoms with Crippen LogP contribution in [-0.2, 0) is 4.74 Å². The standard InChI is InChI=1S/C21H21ClN4O3/c1-2-28-21(27)17-6-3-11-23-19(17)26-12-4-5-15(13-26)20-24-18(25-29-20)14-7-9-16(22)10-8-14/h3,6-11,15H,2,4-5,12-13H2,1H3. The van der Waals surface area contributed by atoms with Crippen LogP contribution < -0.4 is 4.90 Å². The molecule has 0 amide bonds. The molecule has 3 aromatic rings. The van der Waals surface area contributed by atoms with E-state index in [-0.39, 0.29) is 11.9 Å². The molecule has 150 valence electrons. The van der Waals surface area contributed by atoms with Gasteiger partial charge in [0, 0.05) is 29.9 Å². The summed E-state index contributed by atoms with van der Waals surface area (Å²) in [5.41, 5.74) is 1.33. The van der Waals surface area contributed by atoms with E-state index in [4.69, 9.17) is 20.9 Å². The predicted octanol–water partition coefficient (Wildman–Crippen LogP) is 4.35. The molecule has 1 aromatic carbocycles. The number of nitrogens with zero attached hydrogens (tertiary/aromatic N) is 4. The second-order valence-electron chi connectivity index (χ2n) is 6.84. The predicted molar refractivity (Wildman–Crippen MR) is 109 cm³/mol. The van der Waals surface area contributed by atoms with Crippen molar-refractivity contribution < 1.29 is 14.1 Å². The van der Waals surface area contributed by atoms with Crippen molar-refractivity contribution in [2.45, 2.75) is 25.7 Å². The Hall–Kier alpha value is -2.93. The first kappa shape index (κ1) is 19.4. The lowest BCUT2D eigenvalue weighted by Gasteiger charge is -2.32. The Balaban J connectivity index is 1.54. The number of hydrogen-bond acceptors (Lipinski definition) is 7. The first-order chi connectivity index (χ1) is 14.2. The lowest BCUT2D eigenvalue weighted by atomic mass is 9.97. The molecule has 0 N–H and O–H groups in total. The van der Waals surface area contributed by atoms with Crippen molar-refractivity contribution >= 4 is 23.4 Å². The van der Waals surface area contributed by atoms with Gasteiger partial charge < -0.3 is 14.2 Å². The zero-order valence-electron chi connectivity index (χ0n) is 16.0. The summed E-state index contributed by atoms with van der Waals surface area (Å²) in [4.78, 5) is 23.4. The van der Waals surface area contributed by atoms with Crippen LogP contribution in [0.4, 0.5) is 5.82 Å². The van der Waals surface area contributed by atoms with E-state index in [1.165, 1.54) is 0 Å². The van der Waals surface area contributed by atoms with E-state index < -0.39 is 0 Å². The number of anilines is 1. The summed E-state index contributed by atoms with van der Waals surface area (Å²) in [5.74, 6) is 1.47. The molecule has 8 heteroatoms. The first-order valence-corrected chi connectivity index (χ1v) is 10.00. The van der Waals surface area contributed by atoms with Crippen LogP contribution in [0.2, 0.25) is 5.02 Å². The fraction of sp³-hybridized carbons (Fsp3) is 0.333. The molecule has 3 heterocycles. The van der Waals surface area contributed by atoms with Crippen LogP contribution in [-0.4, -0.2) is 40.8 Å². The highest BCUT2D eigenvalue weighted by Gasteiger charge is 2.29. The minimum Gasteiger partial charge on any atom is -0.462 e. The fourth-order valence-corrected chi connectivity index (χ4v) is 3.63. The molecule has 1 aliphatic rings. The molecule has 0 bridgehead atoms. The molecule has 1 fully saturated rings. The Labute approximate surface area is 173 Å². The summed E-state index contributed by atoms with van der Waals surface area (Å²) < 4.78 is 10.7. The van der Waals surface area contributed by atoms with E-state index in [0.29, 0.717) is 41.3 Å². The monoisotopic (exact) mass is 412 g/mol.